The number of nitrogens with one attached hydrogen (secondary N) is 1. The molecule has 130 valence electrons. The Hall–Kier alpha value is -3.30. The predicted molar refractivity (Wildman–Crippen MR) is 84.7 cm³/mol. The van der Waals surface area contributed by atoms with Crippen LogP contribution < -0.4 is 10.3 Å². The average Bonchev–Trinajstić information content (AvgIpc) is 3.08. The normalized spacial score (nSPS) is 21.9. The highest BCUT2D eigenvalue weighted by Crippen LogP contribution is 2.31. The van der Waals surface area contributed by atoms with E-state index in [1.807, 2.05) is 0 Å². The minimum atomic E-state index is -1.08. The Bertz CT molecular complexity index is 801. The number of rotatable bonds is 4. The number of carbonyl (C=O) groups is 3. The molecule has 1 fully saturated rings. The van der Waals surface area contributed by atoms with Gasteiger partial charge in [0.25, 0.3) is 11.6 Å². The van der Waals surface area contributed by atoms with Gasteiger partial charge in [0.1, 0.15) is 12.0 Å². The topological polar surface area (TPSA) is 131 Å². The molecule has 1 aromatic carbocycles. The van der Waals surface area contributed by atoms with Crippen LogP contribution in [0.4, 0.5) is 11.4 Å². The van der Waals surface area contributed by atoms with Crippen LogP contribution in [0.2, 0.25) is 0 Å². The minimum Gasteiger partial charge on any atom is -0.458 e. The molecule has 0 bridgehead atoms. The van der Waals surface area contributed by atoms with Gasteiger partial charge in [0.2, 0.25) is 5.91 Å². The van der Waals surface area contributed by atoms with Gasteiger partial charge in [-0.1, -0.05) is 0 Å². The Labute approximate surface area is 141 Å². The van der Waals surface area contributed by atoms with Gasteiger partial charge in [-0.3, -0.25) is 25.1 Å². The number of ether oxygens (including phenoxy) is 1. The summed E-state index contributed by atoms with van der Waals surface area (Å²) in [5.41, 5.74) is 2.37. The summed E-state index contributed by atoms with van der Waals surface area (Å²) in [6.07, 6.45) is -0.396. The van der Waals surface area contributed by atoms with Crippen LogP contribution in [-0.2, 0) is 19.1 Å². The number of nitro benzene ring substituents is 1. The van der Waals surface area contributed by atoms with Gasteiger partial charge in [-0.25, -0.2) is 9.69 Å². The molecule has 1 aromatic rings. The first-order valence-electron chi connectivity index (χ1n) is 7.47. The van der Waals surface area contributed by atoms with E-state index in [-0.39, 0.29) is 17.1 Å². The Morgan fingerprint density at radius 2 is 1.92 bits per heavy atom. The molecule has 0 spiro atoms. The van der Waals surface area contributed by atoms with E-state index in [1.54, 1.807) is 13.8 Å². The number of non-ortho nitro benzene ring substituents is 1. The summed E-state index contributed by atoms with van der Waals surface area (Å²) < 4.78 is 5.04. The van der Waals surface area contributed by atoms with E-state index in [2.05, 4.69) is 10.5 Å². The van der Waals surface area contributed by atoms with Crippen LogP contribution in [0, 0.1) is 16.0 Å². The first kappa shape index (κ1) is 16.6. The van der Waals surface area contributed by atoms with Crippen LogP contribution in [0.25, 0.3) is 0 Å². The van der Waals surface area contributed by atoms with Crippen molar-refractivity contribution in [3.8, 4) is 0 Å². The van der Waals surface area contributed by atoms with Crippen LogP contribution >= 0.6 is 0 Å². The van der Waals surface area contributed by atoms with Crippen molar-refractivity contribution in [1.29, 1.82) is 0 Å². The highest BCUT2D eigenvalue weighted by molar-refractivity contribution is 6.46. The van der Waals surface area contributed by atoms with Gasteiger partial charge in [-0.05, 0) is 26.0 Å². The number of amides is 2. The third-order valence-electron chi connectivity index (χ3n) is 3.80. The maximum atomic E-state index is 12.7. The van der Waals surface area contributed by atoms with E-state index in [0.29, 0.717) is 0 Å². The summed E-state index contributed by atoms with van der Waals surface area (Å²) in [7, 11) is 0. The van der Waals surface area contributed by atoms with Crippen molar-refractivity contribution in [2.24, 2.45) is 11.0 Å². The molecule has 25 heavy (non-hydrogen) atoms. The van der Waals surface area contributed by atoms with E-state index in [0.717, 1.165) is 4.90 Å². The predicted octanol–water partition coefficient (Wildman–Crippen LogP) is 0.364. The summed E-state index contributed by atoms with van der Waals surface area (Å²) in [4.78, 5) is 48.2. The number of esters is 1. The smallest absolute Gasteiger partial charge is 0.355 e. The highest BCUT2D eigenvalue weighted by Gasteiger charge is 2.55. The SMILES string of the molecule is CC(C)OC(=O)C1=NN[C@@H]2C(=O)N(c3ccc([N+](=O)[O-])cc3)C(=O)[C@H]12. The average molecular weight is 346 g/mol. The first-order valence-corrected chi connectivity index (χ1v) is 7.47. The molecule has 0 unspecified atom stereocenters. The zero-order chi connectivity index (χ0) is 18.3. The summed E-state index contributed by atoms with van der Waals surface area (Å²) in [6, 6.07) is 4.01. The van der Waals surface area contributed by atoms with Crippen LogP contribution in [0.5, 0.6) is 0 Å². The quantitative estimate of drug-likeness (QED) is 0.360. The van der Waals surface area contributed by atoms with Crippen molar-refractivity contribution in [2.75, 3.05) is 4.90 Å². The Morgan fingerprint density at radius 1 is 1.28 bits per heavy atom. The molecule has 0 saturated carbocycles. The lowest BCUT2D eigenvalue weighted by Gasteiger charge is -2.15. The molecule has 3 rings (SSSR count). The number of hydrogen-bond donors (Lipinski definition) is 1. The molecule has 2 heterocycles. The monoisotopic (exact) mass is 346 g/mol. The molecule has 1 saturated heterocycles. The van der Waals surface area contributed by atoms with Crippen LogP contribution in [0.1, 0.15) is 13.8 Å². The second-order valence-electron chi connectivity index (χ2n) is 5.82. The summed E-state index contributed by atoms with van der Waals surface area (Å²) in [5.74, 6) is -3.05. The molecule has 2 amide bonds. The Morgan fingerprint density at radius 3 is 2.48 bits per heavy atom. The van der Waals surface area contributed by atoms with Crippen LogP contribution in [-0.4, -0.2) is 40.6 Å². The molecular formula is C15H14N4O6. The van der Waals surface area contributed by atoms with Crippen molar-refractivity contribution in [3.05, 3.63) is 34.4 Å². The summed E-state index contributed by atoms with van der Waals surface area (Å²) >= 11 is 0. The number of imide groups is 1. The number of nitro groups is 1. The third-order valence-corrected chi connectivity index (χ3v) is 3.80. The molecule has 0 radical (unpaired) electrons. The third kappa shape index (κ3) is 2.71. The maximum absolute atomic E-state index is 12.7. The number of hydrazone groups is 1. The lowest BCUT2D eigenvalue weighted by Crippen LogP contribution is -2.36. The zero-order valence-electron chi connectivity index (χ0n) is 13.3. The van der Waals surface area contributed by atoms with Crippen molar-refractivity contribution >= 4 is 34.9 Å². The lowest BCUT2D eigenvalue weighted by atomic mass is 9.99. The fourth-order valence-corrected chi connectivity index (χ4v) is 2.71. The van der Waals surface area contributed by atoms with Crippen molar-refractivity contribution in [3.63, 3.8) is 0 Å². The number of fused-ring (bicyclic) bond motifs is 1. The molecule has 1 N–H and O–H groups in total. The highest BCUT2D eigenvalue weighted by atomic mass is 16.6. The number of hydrogen-bond acceptors (Lipinski definition) is 8. The molecule has 2 atom stereocenters. The van der Waals surface area contributed by atoms with Gasteiger partial charge < -0.3 is 4.74 Å². The zero-order valence-corrected chi connectivity index (χ0v) is 13.3. The van der Waals surface area contributed by atoms with Crippen molar-refractivity contribution < 1.29 is 24.0 Å². The number of anilines is 1. The standard InChI is InChI=1S/C15H14N4O6/c1-7(2)25-15(22)12-10-11(16-17-12)14(21)18(13(10)20)8-3-5-9(6-4-8)19(23)24/h3-7,10-11,16H,1-2H3/t10-,11-/m0/s1. The van der Waals surface area contributed by atoms with E-state index in [1.165, 1.54) is 24.3 Å². The van der Waals surface area contributed by atoms with E-state index in [4.69, 9.17) is 4.74 Å². The number of nitrogens with zero attached hydrogens (tertiary/aromatic N) is 3. The van der Waals surface area contributed by atoms with E-state index < -0.39 is 40.8 Å². The molecular weight excluding hydrogens is 332 g/mol. The fraction of sp³-hybridized carbons (Fsp3) is 0.333. The molecule has 10 heteroatoms. The van der Waals surface area contributed by atoms with E-state index in [9.17, 15) is 24.5 Å². The maximum Gasteiger partial charge on any atom is 0.355 e. The molecule has 2 aliphatic heterocycles. The minimum absolute atomic E-state index is 0.151. The number of carbonyl (C=O) groups excluding carboxylic acids is 3. The van der Waals surface area contributed by atoms with Crippen molar-refractivity contribution in [2.45, 2.75) is 26.0 Å². The van der Waals surface area contributed by atoms with Gasteiger partial charge in [-0.2, -0.15) is 5.10 Å². The Balaban J connectivity index is 1.87. The van der Waals surface area contributed by atoms with Gasteiger partial charge in [0.05, 0.1) is 16.7 Å². The van der Waals surface area contributed by atoms with E-state index >= 15 is 0 Å². The van der Waals surface area contributed by atoms with Gasteiger partial charge >= 0.3 is 5.97 Å². The van der Waals surface area contributed by atoms with Crippen LogP contribution in [0.15, 0.2) is 29.4 Å². The van der Waals surface area contributed by atoms with Gasteiger partial charge in [0, 0.05) is 12.1 Å². The molecule has 0 aromatic heterocycles. The molecule has 2 aliphatic rings. The largest absolute Gasteiger partial charge is 0.458 e. The second kappa shape index (κ2) is 5.96. The summed E-state index contributed by atoms with van der Waals surface area (Å²) in [5, 5.41) is 14.5. The second-order valence-corrected chi connectivity index (χ2v) is 5.82. The number of benzene rings is 1. The Kier molecular flexibility index (Phi) is 3.95. The first-order chi connectivity index (χ1) is 11.8. The van der Waals surface area contributed by atoms with Crippen molar-refractivity contribution in [1.82, 2.24) is 5.43 Å². The van der Waals surface area contributed by atoms with Gasteiger partial charge in [0.15, 0.2) is 5.71 Å². The van der Waals surface area contributed by atoms with Gasteiger partial charge in [-0.15, -0.1) is 0 Å². The molecule has 0 aliphatic carbocycles. The van der Waals surface area contributed by atoms with Crippen LogP contribution in [0.3, 0.4) is 0 Å². The lowest BCUT2D eigenvalue weighted by molar-refractivity contribution is -0.384. The summed E-state index contributed by atoms with van der Waals surface area (Å²) in [6.45, 7) is 3.31. The fourth-order valence-electron chi connectivity index (χ4n) is 2.71. The molecule has 10 nitrogen and oxygen atoms in total.